The minimum absolute atomic E-state index is 0.0238. The van der Waals surface area contributed by atoms with Gasteiger partial charge in [0.25, 0.3) is 5.91 Å². The van der Waals surface area contributed by atoms with Crippen LogP contribution >= 0.6 is 23.2 Å². The fourth-order valence-electron chi connectivity index (χ4n) is 4.26. The number of hydrogen-bond acceptors (Lipinski definition) is 3. The van der Waals surface area contributed by atoms with Crippen LogP contribution in [0.4, 0.5) is 5.69 Å². The highest BCUT2D eigenvalue weighted by molar-refractivity contribution is 7.86. The van der Waals surface area contributed by atoms with E-state index in [1.54, 1.807) is 40.7 Å². The highest BCUT2D eigenvalue weighted by Gasteiger charge is 2.23. The topological polar surface area (TPSA) is 43.9 Å². The van der Waals surface area contributed by atoms with E-state index in [-0.39, 0.29) is 5.91 Å². The number of rotatable bonds is 9. The van der Waals surface area contributed by atoms with Gasteiger partial charge >= 0.3 is 0 Å². The summed E-state index contributed by atoms with van der Waals surface area (Å²) in [5, 5.41) is 0.906. The quantitative estimate of drug-likeness (QED) is 0.270. The van der Waals surface area contributed by atoms with Crippen molar-refractivity contribution in [1.29, 1.82) is 0 Å². The molecule has 38 heavy (non-hydrogen) atoms. The van der Waals surface area contributed by atoms with Gasteiger partial charge in [-0.2, -0.15) is 0 Å². The maximum absolute atomic E-state index is 13.6. The van der Waals surface area contributed by atoms with Gasteiger partial charge in [-0.3, -0.25) is 9.10 Å². The van der Waals surface area contributed by atoms with Crippen molar-refractivity contribution in [2.24, 2.45) is 0 Å². The predicted octanol–water partition coefficient (Wildman–Crippen LogP) is 6.74. The maximum atomic E-state index is 13.6. The Hall–Kier alpha value is -3.32. The highest BCUT2D eigenvalue weighted by Crippen LogP contribution is 2.28. The fraction of sp³-hybridized carbons (Fsp3) is 0.167. The number of nitrogens with zero attached hydrogens (tertiary/aromatic N) is 3. The summed E-state index contributed by atoms with van der Waals surface area (Å²) in [5.41, 5.74) is 3.19. The highest BCUT2D eigenvalue weighted by atomic mass is 35.5. The Labute approximate surface area is 236 Å². The molecule has 3 aromatic carbocycles. The summed E-state index contributed by atoms with van der Waals surface area (Å²) in [4.78, 5) is 18.0. The molecule has 1 aliphatic rings. The third-order valence-electron chi connectivity index (χ3n) is 6.29. The van der Waals surface area contributed by atoms with Crippen molar-refractivity contribution in [3.05, 3.63) is 131 Å². The molecule has 0 aromatic heterocycles. The van der Waals surface area contributed by atoms with Gasteiger partial charge in [-0.25, -0.2) is 4.21 Å². The molecule has 4 rings (SSSR count). The number of anilines is 1. The summed E-state index contributed by atoms with van der Waals surface area (Å²) in [7, 11) is -1.48. The lowest BCUT2D eigenvalue weighted by molar-refractivity contribution is 0.0672. The molecule has 1 heterocycles. The van der Waals surface area contributed by atoms with Crippen molar-refractivity contribution in [3.63, 3.8) is 0 Å². The first kappa shape index (κ1) is 27.7. The van der Waals surface area contributed by atoms with Gasteiger partial charge in [-0.1, -0.05) is 66.7 Å². The van der Waals surface area contributed by atoms with Crippen molar-refractivity contribution in [2.75, 3.05) is 30.5 Å². The van der Waals surface area contributed by atoms with Crippen molar-refractivity contribution < 1.29 is 9.00 Å². The van der Waals surface area contributed by atoms with Crippen LogP contribution in [0.5, 0.6) is 0 Å². The zero-order valence-electron chi connectivity index (χ0n) is 20.9. The molecule has 0 bridgehead atoms. The van der Waals surface area contributed by atoms with Crippen LogP contribution in [-0.2, 0) is 17.5 Å². The lowest BCUT2D eigenvalue weighted by atomic mass is 10.1. The standard InChI is InChI=1S/C30H29Cl2N3O2S/c1-3-8-25(4-2)33-17-19-34(20-18-33)30(36)24-12-14-26(15-13-24)35(38(37)27-9-6-5-7-10-27)22-23-11-16-28(31)29(32)21-23/h3-16,21H,1-2,17-20,22H2/b25-8+. The fourth-order valence-corrected chi connectivity index (χ4v) is 5.80. The van der Waals surface area contributed by atoms with Gasteiger partial charge in [0.15, 0.2) is 11.0 Å². The number of carbonyl (C=O) groups is 1. The van der Waals surface area contributed by atoms with Gasteiger partial charge in [0.1, 0.15) is 0 Å². The van der Waals surface area contributed by atoms with Crippen LogP contribution in [0.2, 0.25) is 10.0 Å². The Kier molecular flexibility index (Phi) is 9.45. The second kappa shape index (κ2) is 13.0. The number of amides is 1. The summed E-state index contributed by atoms with van der Waals surface area (Å²) < 4.78 is 15.4. The first-order valence-electron chi connectivity index (χ1n) is 12.2. The lowest BCUT2D eigenvalue weighted by Crippen LogP contribution is -2.48. The smallest absolute Gasteiger partial charge is 0.253 e. The third kappa shape index (κ3) is 6.57. The Morgan fingerprint density at radius 2 is 1.55 bits per heavy atom. The van der Waals surface area contributed by atoms with E-state index in [9.17, 15) is 9.00 Å². The molecule has 1 aliphatic heterocycles. The van der Waals surface area contributed by atoms with Crippen molar-refractivity contribution >= 4 is 45.8 Å². The molecule has 3 aromatic rings. The molecule has 0 radical (unpaired) electrons. The Balaban J connectivity index is 1.52. The summed E-state index contributed by atoms with van der Waals surface area (Å²) in [5.74, 6) is -0.0238. The van der Waals surface area contributed by atoms with Crippen LogP contribution in [-0.4, -0.2) is 46.1 Å². The summed E-state index contributed by atoms with van der Waals surface area (Å²) in [6.07, 6.45) is 5.47. The first-order chi connectivity index (χ1) is 18.4. The zero-order chi connectivity index (χ0) is 27.1. The average Bonchev–Trinajstić information content (AvgIpc) is 2.96. The molecule has 0 aliphatic carbocycles. The Morgan fingerprint density at radius 3 is 2.16 bits per heavy atom. The van der Waals surface area contributed by atoms with E-state index < -0.39 is 11.0 Å². The number of halogens is 2. The van der Waals surface area contributed by atoms with Crippen molar-refractivity contribution in [3.8, 4) is 0 Å². The molecule has 196 valence electrons. The van der Waals surface area contributed by atoms with E-state index in [4.69, 9.17) is 23.2 Å². The number of piperazine rings is 1. The molecular formula is C30H29Cl2N3O2S. The maximum Gasteiger partial charge on any atom is 0.253 e. The van der Waals surface area contributed by atoms with E-state index >= 15 is 0 Å². The lowest BCUT2D eigenvalue weighted by Gasteiger charge is -2.36. The van der Waals surface area contributed by atoms with E-state index in [0.717, 1.165) is 30.0 Å². The van der Waals surface area contributed by atoms with Gasteiger partial charge < -0.3 is 9.80 Å². The normalized spacial score (nSPS) is 14.6. The number of carbonyl (C=O) groups excluding carboxylic acids is 1. The monoisotopic (exact) mass is 565 g/mol. The van der Waals surface area contributed by atoms with Gasteiger partial charge in [0.05, 0.1) is 27.2 Å². The van der Waals surface area contributed by atoms with Crippen LogP contribution < -0.4 is 4.31 Å². The minimum Gasteiger partial charge on any atom is -0.368 e. The van der Waals surface area contributed by atoms with E-state index in [0.29, 0.717) is 40.1 Å². The third-order valence-corrected chi connectivity index (χ3v) is 8.44. The van der Waals surface area contributed by atoms with Gasteiger partial charge in [-0.05, 0) is 66.2 Å². The van der Waals surface area contributed by atoms with Crippen molar-refractivity contribution in [1.82, 2.24) is 9.80 Å². The summed E-state index contributed by atoms with van der Waals surface area (Å²) >= 11 is 12.3. The largest absolute Gasteiger partial charge is 0.368 e. The zero-order valence-corrected chi connectivity index (χ0v) is 23.3. The molecule has 8 heteroatoms. The van der Waals surface area contributed by atoms with Crippen LogP contribution in [0.15, 0.2) is 115 Å². The van der Waals surface area contributed by atoms with Gasteiger partial charge in [-0.15, -0.1) is 0 Å². The molecule has 0 saturated carbocycles. The molecule has 0 N–H and O–H groups in total. The SMILES string of the molecule is C=C/C=C(\C=C)N1CCN(C(=O)c2ccc(N(Cc3ccc(Cl)c(Cl)c3)S(=O)c3ccccc3)cc2)CC1. The second-order valence-corrected chi connectivity index (χ2v) is 10.9. The Bertz CT molecular complexity index is 1350. The summed E-state index contributed by atoms with van der Waals surface area (Å²) in [6, 6.07) is 21.9. The molecule has 1 amide bonds. The number of benzene rings is 3. The first-order valence-corrected chi connectivity index (χ1v) is 14.1. The molecular weight excluding hydrogens is 537 g/mol. The van der Waals surface area contributed by atoms with Crippen LogP contribution in [0.25, 0.3) is 0 Å². The number of allylic oxidation sites excluding steroid dienone is 3. The number of hydrogen-bond donors (Lipinski definition) is 0. The molecule has 1 unspecified atom stereocenters. The predicted molar refractivity (Wildman–Crippen MR) is 158 cm³/mol. The summed E-state index contributed by atoms with van der Waals surface area (Å²) in [6.45, 7) is 10.6. The molecule has 5 nitrogen and oxygen atoms in total. The molecule has 0 spiro atoms. The van der Waals surface area contributed by atoms with Gasteiger partial charge in [0, 0.05) is 37.4 Å². The average molecular weight is 567 g/mol. The van der Waals surface area contributed by atoms with E-state index in [1.807, 2.05) is 59.5 Å². The van der Waals surface area contributed by atoms with Crippen LogP contribution in [0.1, 0.15) is 15.9 Å². The van der Waals surface area contributed by atoms with E-state index in [2.05, 4.69) is 18.1 Å². The van der Waals surface area contributed by atoms with Crippen LogP contribution in [0.3, 0.4) is 0 Å². The van der Waals surface area contributed by atoms with Crippen LogP contribution in [0, 0.1) is 0 Å². The molecule has 1 fully saturated rings. The molecule has 1 saturated heterocycles. The Morgan fingerprint density at radius 1 is 0.895 bits per heavy atom. The minimum atomic E-state index is -1.48. The van der Waals surface area contributed by atoms with Crippen molar-refractivity contribution in [2.45, 2.75) is 11.4 Å². The second-order valence-electron chi connectivity index (χ2n) is 8.70. The van der Waals surface area contributed by atoms with E-state index in [1.165, 1.54) is 0 Å². The van der Waals surface area contributed by atoms with Gasteiger partial charge in [0.2, 0.25) is 0 Å². The molecule has 1 atom stereocenters.